The molecule has 0 aliphatic heterocycles. The number of nitrogens with two attached hydrogens (primary N) is 1. The molecule has 0 bridgehead atoms. The third kappa shape index (κ3) is 4.18. The van der Waals surface area contributed by atoms with Crippen molar-refractivity contribution in [2.24, 2.45) is 17.1 Å². The number of aliphatic carboxylic acids is 1. The van der Waals surface area contributed by atoms with Crippen LogP contribution < -0.4 is 11.1 Å². The number of carboxylic acid groups (broad SMARTS) is 1. The first-order chi connectivity index (χ1) is 7.37. The van der Waals surface area contributed by atoms with E-state index in [0.29, 0.717) is 25.9 Å². The summed E-state index contributed by atoms with van der Waals surface area (Å²) in [5.41, 5.74) is 4.99. The number of hydrogen-bond donors (Lipinski definition) is 3. The number of carbonyl (C=O) groups excluding carboxylic acids is 1. The van der Waals surface area contributed by atoms with Gasteiger partial charge in [-0.3, -0.25) is 9.59 Å². The van der Waals surface area contributed by atoms with Crippen molar-refractivity contribution in [3.8, 4) is 0 Å². The predicted octanol–water partition coefficient (Wildman–Crippen LogP) is 0.588. The Morgan fingerprint density at radius 3 is 2.44 bits per heavy atom. The van der Waals surface area contributed by atoms with E-state index in [2.05, 4.69) is 5.32 Å². The van der Waals surface area contributed by atoms with Crippen molar-refractivity contribution in [2.45, 2.75) is 33.6 Å². The Morgan fingerprint density at radius 2 is 2.06 bits per heavy atom. The van der Waals surface area contributed by atoms with Gasteiger partial charge in [0, 0.05) is 13.1 Å². The highest BCUT2D eigenvalue weighted by Crippen LogP contribution is 2.18. The summed E-state index contributed by atoms with van der Waals surface area (Å²) in [4.78, 5) is 22.3. The van der Waals surface area contributed by atoms with Gasteiger partial charge < -0.3 is 16.2 Å². The van der Waals surface area contributed by atoms with E-state index in [0.717, 1.165) is 0 Å². The lowest BCUT2D eigenvalue weighted by Crippen LogP contribution is -2.44. The maximum absolute atomic E-state index is 11.7. The highest BCUT2D eigenvalue weighted by molar-refractivity contribution is 5.82. The molecule has 0 spiro atoms. The van der Waals surface area contributed by atoms with Gasteiger partial charge >= 0.3 is 5.97 Å². The molecule has 16 heavy (non-hydrogen) atoms. The van der Waals surface area contributed by atoms with Crippen molar-refractivity contribution in [3.63, 3.8) is 0 Å². The van der Waals surface area contributed by atoms with Crippen LogP contribution >= 0.6 is 0 Å². The first kappa shape index (κ1) is 14.9. The fourth-order valence-corrected chi connectivity index (χ4v) is 1.14. The molecule has 0 fully saturated rings. The van der Waals surface area contributed by atoms with Crippen molar-refractivity contribution in [3.05, 3.63) is 0 Å². The minimum atomic E-state index is -0.841. The fourth-order valence-electron chi connectivity index (χ4n) is 1.14. The minimum absolute atomic E-state index is 0.102. The molecule has 0 aliphatic rings. The predicted molar refractivity (Wildman–Crippen MR) is 61.9 cm³/mol. The van der Waals surface area contributed by atoms with Crippen LogP contribution in [-0.4, -0.2) is 30.1 Å². The number of carboxylic acids is 1. The number of amides is 1. The van der Waals surface area contributed by atoms with Crippen LogP contribution in [0.3, 0.4) is 0 Å². The zero-order valence-electron chi connectivity index (χ0n) is 10.2. The van der Waals surface area contributed by atoms with Crippen LogP contribution in [0, 0.1) is 11.3 Å². The Hall–Kier alpha value is -1.10. The lowest BCUT2D eigenvalue weighted by Gasteiger charge is -2.25. The summed E-state index contributed by atoms with van der Waals surface area (Å²) >= 11 is 0. The van der Waals surface area contributed by atoms with E-state index in [1.807, 2.05) is 13.8 Å². The molecule has 0 radical (unpaired) electrons. The quantitative estimate of drug-likeness (QED) is 0.596. The molecule has 2 unspecified atom stereocenters. The second-order valence-corrected chi connectivity index (χ2v) is 4.40. The van der Waals surface area contributed by atoms with Crippen LogP contribution in [0.1, 0.15) is 33.6 Å². The molecule has 0 rings (SSSR count). The molecule has 5 nitrogen and oxygen atoms in total. The van der Waals surface area contributed by atoms with Crippen LogP contribution in [0.25, 0.3) is 0 Å². The molecule has 2 atom stereocenters. The van der Waals surface area contributed by atoms with E-state index in [1.165, 1.54) is 0 Å². The van der Waals surface area contributed by atoms with Crippen LogP contribution in [0.15, 0.2) is 0 Å². The molecule has 0 aromatic carbocycles. The van der Waals surface area contributed by atoms with E-state index < -0.39 is 17.3 Å². The average molecular weight is 230 g/mol. The third-order valence-corrected chi connectivity index (χ3v) is 3.06. The third-order valence-electron chi connectivity index (χ3n) is 3.06. The molecule has 0 saturated carbocycles. The summed E-state index contributed by atoms with van der Waals surface area (Å²) < 4.78 is 0. The second-order valence-electron chi connectivity index (χ2n) is 4.40. The van der Waals surface area contributed by atoms with Crippen LogP contribution in [0.5, 0.6) is 0 Å². The number of rotatable bonds is 7. The lowest BCUT2D eigenvalue weighted by molar-refractivity contribution is -0.141. The summed E-state index contributed by atoms with van der Waals surface area (Å²) in [7, 11) is 0. The summed E-state index contributed by atoms with van der Waals surface area (Å²) in [6, 6.07) is 0. The molecule has 1 amide bonds. The Morgan fingerprint density at radius 1 is 1.50 bits per heavy atom. The van der Waals surface area contributed by atoms with Crippen molar-refractivity contribution in [2.75, 3.05) is 13.1 Å². The molecule has 4 N–H and O–H groups in total. The van der Waals surface area contributed by atoms with Gasteiger partial charge in [0.15, 0.2) is 0 Å². The zero-order chi connectivity index (χ0) is 12.8. The van der Waals surface area contributed by atoms with Gasteiger partial charge in [-0.2, -0.15) is 0 Å². The summed E-state index contributed by atoms with van der Waals surface area (Å²) in [6.45, 7) is 6.01. The van der Waals surface area contributed by atoms with Gasteiger partial charge in [-0.15, -0.1) is 0 Å². The highest BCUT2D eigenvalue weighted by Gasteiger charge is 2.29. The van der Waals surface area contributed by atoms with Gasteiger partial charge in [-0.25, -0.2) is 0 Å². The molecule has 0 aromatic heterocycles. The summed E-state index contributed by atoms with van der Waals surface area (Å²) in [5, 5.41) is 11.4. The van der Waals surface area contributed by atoms with Gasteiger partial charge in [0.2, 0.25) is 5.91 Å². The van der Waals surface area contributed by atoms with Gasteiger partial charge in [-0.1, -0.05) is 13.8 Å². The van der Waals surface area contributed by atoms with Gasteiger partial charge in [-0.05, 0) is 19.8 Å². The van der Waals surface area contributed by atoms with E-state index in [9.17, 15) is 9.59 Å². The van der Waals surface area contributed by atoms with Crippen molar-refractivity contribution < 1.29 is 14.7 Å². The molecular formula is C11H22N2O3. The largest absolute Gasteiger partial charge is 0.481 e. The minimum Gasteiger partial charge on any atom is -0.481 e. The standard InChI is InChI=1S/C11H22N2O3/c1-4-11(3,7-12)10(16)13-6-5-8(2)9(14)15/h8H,4-7,12H2,1-3H3,(H,13,16)(H,14,15). The summed E-state index contributed by atoms with van der Waals surface area (Å²) in [6.07, 6.45) is 1.11. The van der Waals surface area contributed by atoms with Gasteiger partial charge in [0.05, 0.1) is 11.3 Å². The molecule has 0 heterocycles. The topological polar surface area (TPSA) is 92.4 Å². The highest BCUT2D eigenvalue weighted by atomic mass is 16.4. The first-order valence-electron chi connectivity index (χ1n) is 5.58. The SMILES string of the molecule is CCC(C)(CN)C(=O)NCCC(C)C(=O)O. The van der Waals surface area contributed by atoms with Gasteiger partial charge in [0.25, 0.3) is 0 Å². The van der Waals surface area contributed by atoms with Crippen LogP contribution in [0.4, 0.5) is 0 Å². The Bertz CT molecular complexity index is 250. The molecule has 5 heteroatoms. The molecule has 94 valence electrons. The van der Waals surface area contributed by atoms with Crippen LogP contribution in [0.2, 0.25) is 0 Å². The van der Waals surface area contributed by atoms with E-state index in [4.69, 9.17) is 10.8 Å². The fraction of sp³-hybridized carbons (Fsp3) is 0.818. The molecule has 0 aromatic rings. The molecule has 0 aliphatic carbocycles. The van der Waals surface area contributed by atoms with Gasteiger partial charge in [0.1, 0.15) is 0 Å². The summed E-state index contributed by atoms with van der Waals surface area (Å²) in [5.74, 6) is -1.38. The lowest BCUT2D eigenvalue weighted by atomic mass is 9.86. The molecule has 0 saturated heterocycles. The number of carbonyl (C=O) groups is 2. The van der Waals surface area contributed by atoms with E-state index >= 15 is 0 Å². The second kappa shape index (κ2) is 6.48. The van der Waals surface area contributed by atoms with Crippen LogP contribution in [-0.2, 0) is 9.59 Å². The molecular weight excluding hydrogens is 208 g/mol. The first-order valence-corrected chi connectivity index (χ1v) is 5.58. The maximum atomic E-state index is 11.7. The maximum Gasteiger partial charge on any atom is 0.306 e. The normalized spacial score (nSPS) is 16.2. The van der Waals surface area contributed by atoms with E-state index in [-0.39, 0.29) is 5.91 Å². The van der Waals surface area contributed by atoms with Crippen molar-refractivity contribution in [1.82, 2.24) is 5.32 Å². The Balaban J connectivity index is 4.03. The monoisotopic (exact) mass is 230 g/mol. The average Bonchev–Trinajstić information content (AvgIpc) is 2.27. The Kier molecular flexibility index (Phi) is 6.03. The number of nitrogens with one attached hydrogen (secondary N) is 1. The smallest absolute Gasteiger partial charge is 0.306 e. The Labute approximate surface area is 96.4 Å². The van der Waals surface area contributed by atoms with Crippen molar-refractivity contribution >= 4 is 11.9 Å². The number of hydrogen-bond acceptors (Lipinski definition) is 3. The zero-order valence-corrected chi connectivity index (χ0v) is 10.2. The van der Waals surface area contributed by atoms with E-state index in [1.54, 1.807) is 6.92 Å². The van der Waals surface area contributed by atoms with Crippen molar-refractivity contribution in [1.29, 1.82) is 0 Å².